The highest BCUT2D eigenvalue weighted by atomic mass is 35.5. The Bertz CT molecular complexity index is 516. The SMILES string of the molecule is CN1CC(CC(=O)O)SC1=Nc1cc(Cl)cc(Cl)c1. The smallest absolute Gasteiger partial charge is 0.304 e. The Morgan fingerprint density at radius 1 is 1.47 bits per heavy atom. The van der Waals surface area contributed by atoms with Crippen LogP contribution in [0.25, 0.3) is 0 Å². The maximum atomic E-state index is 10.7. The van der Waals surface area contributed by atoms with Gasteiger partial charge >= 0.3 is 5.97 Å². The van der Waals surface area contributed by atoms with E-state index in [1.807, 2.05) is 11.9 Å². The van der Waals surface area contributed by atoms with Gasteiger partial charge in [0.1, 0.15) is 0 Å². The summed E-state index contributed by atoms with van der Waals surface area (Å²) in [6, 6.07) is 5.09. The second-order valence-corrected chi connectivity index (χ2v) is 6.38. The molecule has 19 heavy (non-hydrogen) atoms. The number of carboxylic acids is 1. The van der Waals surface area contributed by atoms with Crippen LogP contribution >= 0.6 is 35.0 Å². The van der Waals surface area contributed by atoms with Crippen LogP contribution in [0.5, 0.6) is 0 Å². The molecule has 7 heteroatoms. The Morgan fingerprint density at radius 3 is 2.68 bits per heavy atom. The lowest BCUT2D eigenvalue weighted by Gasteiger charge is -2.10. The number of aliphatic imine (C=N–C) groups is 1. The minimum Gasteiger partial charge on any atom is -0.481 e. The zero-order valence-electron chi connectivity index (χ0n) is 10.1. The number of amidine groups is 1. The minimum atomic E-state index is -0.794. The lowest BCUT2D eigenvalue weighted by atomic mass is 10.3. The summed E-state index contributed by atoms with van der Waals surface area (Å²) in [4.78, 5) is 17.1. The third-order valence-corrected chi connectivity index (χ3v) is 4.25. The maximum absolute atomic E-state index is 10.7. The average Bonchev–Trinajstić information content (AvgIpc) is 2.56. The number of benzene rings is 1. The highest BCUT2D eigenvalue weighted by molar-refractivity contribution is 8.14. The third kappa shape index (κ3) is 4.03. The zero-order valence-corrected chi connectivity index (χ0v) is 12.5. The molecular formula is C12H12Cl2N2O2S. The highest BCUT2D eigenvalue weighted by Crippen LogP contribution is 2.31. The first-order chi connectivity index (χ1) is 8.94. The van der Waals surface area contributed by atoms with Crippen LogP contribution in [0, 0.1) is 0 Å². The van der Waals surface area contributed by atoms with E-state index in [-0.39, 0.29) is 11.7 Å². The van der Waals surface area contributed by atoms with Crippen LogP contribution in [0.4, 0.5) is 5.69 Å². The summed E-state index contributed by atoms with van der Waals surface area (Å²) in [6.07, 6.45) is 0.129. The molecule has 0 amide bonds. The Morgan fingerprint density at radius 2 is 2.11 bits per heavy atom. The van der Waals surface area contributed by atoms with Crippen LogP contribution < -0.4 is 0 Å². The van der Waals surface area contributed by atoms with E-state index >= 15 is 0 Å². The topological polar surface area (TPSA) is 52.9 Å². The Balaban J connectivity index is 2.17. The maximum Gasteiger partial charge on any atom is 0.304 e. The van der Waals surface area contributed by atoms with Gasteiger partial charge in [0.05, 0.1) is 12.1 Å². The van der Waals surface area contributed by atoms with Crippen LogP contribution in [0.2, 0.25) is 10.0 Å². The van der Waals surface area contributed by atoms with Gasteiger partial charge in [0, 0.05) is 28.9 Å². The summed E-state index contributed by atoms with van der Waals surface area (Å²) in [5, 5.41) is 10.7. The fourth-order valence-corrected chi connectivity index (χ4v) is 3.54. The monoisotopic (exact) mass is 318 g/mol. The van der Waals surface area contributed by atoms with Crippen molar-refractivity contribution in [2.45, 2.75) is 11.7 Å². The Hall–Kier alpha value is -0.910. The summed E-state index contributed by atoms with van der Waals surface area (Å²) >= 11 is 13.3. The first-order valence-electron chi connectivity index (χ1n) is 5.58. The molecule has 1 aromatic carbocycles. The van der Waals surface area contributed by atoms with Gasteiger partial charge in [-0.1, -0.05) is 35.0 Å². The molecule has 1 fully saturated rings. The third-order valence-electron chi connectivity index (χ3n) is 2.55. The zero-order chi connectivity index (χ0) is 14.0. The van der Waals surface area contributed by atoms with Crippen LogP contribution in [0.15, 0.2) is 23.2 Å². The molecule has 2 rings (SSSR count). The molecule has 1 aliphatic heterocycles. The normalized spacial score (nSPS) is 21.1. The fraction of sp³-hybridized carbons (Fsp3) is 0.333. The number of aliphatic carboxylic acids is 1. The van der Waals surface area contributed by atoms with E-state index in [4.69, 9.17) is 28.3 Å². The number of thioether (sulfide) groups is 1. The molecule has 1 N–H and O–H groups in total. The number of nitrogens with zero attached hydrogens (tertiary/aromatic N) is 2. The van der Waals surface area contributed by atoms with Gasteiger partial charge in [0.2, 0.25) is 0 Å². The van der Waals surface area contributed by atoms with Gasteiger partial charge < -0.3 is 10.0 Å². The second kappa shape index (κ2) is 6.03. The van der Waals surface area contributed by atoms with Crippen molar-refractivity contribution in [3.05, 3.63) is 28.2 Å². The predicted octanol–water partition coefficient (Wildman–Crippen LogP) is 3.50. The summed E-state index contributed by atoms with van der Waals surface area (Å²) in [7, 11) is 1.89. The lowest BCUT2D eigenvalue weighted by molar-refractivity contribution is -0.136. The molecule has 1 aromatic rings. The summed E-state index contributed by atoms with van der Waals surface area (Å²) in [5.41, 5.74) is 0.669. The van der Waals surface area contributed by atoms with Crippen molar-refractivity contribution in [1.29, 1.82) is 0 Å². The number of hydrogen-bond donors (Lipinski definition) is 1. The van der Waals surface area contributed by atoms with Crippen molar-refractivity contribution in [2.75, 3.05) is 13.6 Å². The molecule has 1 unspecified atom stereocenters. The fourth-order valence-electron chi connectivity index (χ4n) is 1.79. The molecular weight excluding hydrogens is 307 g/mol. The van der Waals surface area contributed by atoms with Crippen molar-refractivity contribution >= 4 is 51.8 Å². The molecule has 1 atom stereocenters. The van der Waals surface area contributed by atoms with Crippen molar-refractivity contribution in [1.82, 2.24) is 4.90 Å². The summed E-state index contributed by atoms with van der Waals surface area (Å²) in [5.74, 6) is -0.794. The number of rotatable bonds is 3. The van der Waals surface area contributed by atoms with E-state index in [0.717, 1.165) is 5.17 Å². The first kappa shape index (κ1) is 14.5. The van der Waals surface area contributed by atoms with Crippen LogP contribution in [-0.4, -0.2) is 40.0 Å². The van der Waals surface area contributed by atoms with Crippen molar-refractivity contribution < 1.29 is 9.90 Å². The first-order valence-corrected chi connectivity index (χ1v) is 7.22. The Kier molecular flexibility index (Phi) is 4.60. The minimum absolute atomic E-state index is 0.0240. The molecule has 0 saturated carbocycles. The van der Waals surface area contributed by atoms with Gasteiger partial charge in [0.25, 0.3) is 0 Å². The van der Waals surface area contributed by atoms with Gasteiger partial charge in [-0.15, -0.1) is 0 Å². The van der Waals surface area contributed by atoms with Gasteiger partial charge in [-0.25, -0.2) is 4.99 Å². The molecule has 0 aliphatic carbocycles. The molecule has 4 nitrogen and oxygen atoms in total. The van der Waals surface area contributed by atoms with E-state index in [0.29, 0.717) is 22.3 Å². The van der Waals surface area contributed by atoms with Crippen molar-refractivity contribution in [2.24, 2.45) is 4.99 Å². The predicted molar refractivity (Wildman–Crippen MR) is 79.8 cm³/mol. The van der Waals surface area contributed by atoms with Gasteiger partial charge in [-0.05, 0) is 18.2 Å². The number of hydrogen-bond acceptors (Lipinski definition) is 3. The largest absolute Gasteiger partial charge is 0.481 e. The van der Waals surface area contributed by atoms with E-state index in [9.17, 15) is 4.79 Å². The molecule has 1 heterocycles. The Labute approximate surface area is 125 Å². The number of carboxylic acid groups (broad SMARTS) is 1. The van der Waals surface area contributed by atoms with Crippen LogP contribution in [0.1, 0.15) is 6.42 Å². The van der Waals surface area contributed by atoms with Gasteiger partial charge in [-0.2, -0.15) is 0 Å². The molecule has 1 saturated heterocycles. The summed E-state index contributed by atoms with van der Waals surface area (Å²) in [6.45, 7) is 0.671. The number of halogens is 2. The van der Waals surface area contributed by atoms with Crippen molar-refractivity contribution in [3.8, 4) is 0 Å². The van der Waals surface area contributed by atoms with Gasteiger partial charge in [-0.3, -0.25) is 4.79 Å². The van der Waals surface area contributed by atoms with Crippen LogP contribution in [0.3, 0.4) is 0 Å². The van der Waals surface area contributed by atoms with Crippen molar-refractivity contribution in [3.63, 3.8) is 0 Å². The lowest BCUT2D eigenvalue weighted by Crippen LogP contribution is -2.21. The van der Waals surface area contributed by atoms with E-state index < -0.39 is 5.97 Å². The average molecular weight is 319 g/mol. The molecule has 0 aromatic heterocycles. The quantitative estimate of drug-likeness (QED) is 0.926. The molecule has 0 spiro atoms. The van der Waals surface area contributed by atoms with Gasteiger partial charge in [0.15, 0.2) is 5.17 Å². The molecule has 0 radical (unpaired) electrons. The molecule has 102 valence electrons. The van der Waals surface area contributed by atoms with E-state index in [2.05, 4.69) is 4.99 Å². The molecule has 1 aliphatic rings. The van der Waals surface area contributed by atoms with E-state index in [1.165, 1.54) is 11.8 Å². The van der Waals surface area contributed by atoms with E-state index in [1.54, 1.807) is 18.2 Å². The standard InChI is InChI=1S/C12H12Cl2N2O2S/c1-16-6-10(5-11(17)18)19-12(16)15-9-3-7(13)2-8(14)4-9/h2-4,10H,5-6H2,1H3,(H,17,18). The summed E-state index contributed by atoms with van der Waals surface area (Å²) < 4.78 is 0. The van der Waals surface area contributed by atoms with Crippen LogP contribution in [-0.2, 0) is 4.79 Å². The molecule has 0 bridgehead atoms. The number of carbonyl (C=O) groups is 1. The highest BCUT2D eigenvalue weighted by Gasteiger charge is 2.28. The second-order valence-electron chi connectivity index (χ2n) is 4.24.